The number of hydrogen-bond acceptors (Lipinski definition) is 2. The molecule has 1 aliphatic carbocycles. The van der Waals surface area contributed by atoms with Crippen LogP contribution in [-0.4, -0.2) is 18.9 Å². The number of hydrogen-bond donors (Lipinski definition) is 0. The molecule has 0 aromatic heterocycles. The summed E-state index contributed by atoms with van der Waals surface area (Å²) < 4.78 is 5.81. The Hall–Kier alpha value is -1.41. The quantitative estimate of drug-likeness (QED) is 0.653. The van der Waals surface area contributed by atoms with E-state index in [4.69, 9.17) is 4.74 Å². The third kappa shape index (κ3) is 4.64. The van der Waals surface area contributed by atoms with Crippen LogP contribution in [0.25, 0.3) is 0 Å². The first kappa shape index (κ1) is 14.0. The highest BCUT2D eigenvalue weighted by Crippen LogP contribution is 2.23. The predicted octanol–water partition coefficient (Wildman–Crippen LogP) is 4.22. The summed E-state index contributed by atoms with van der Waals surface area (Å²) >= 11 is 0. The molecule has 0 aromatic rings. The first-order chi connectivity index (χ1) is 9.25. The molecule has 1 unspecified atom stereocenters. The fourth-order valence-electron chi connectivity index (χ4n) is 2.12. The molecule has 0 bridgehead atoms. The molecule has 0 amide bonds. The zero-order valence-electron chi connectivity index (χ0n) is 11.9. The van der Waals surface area contributed by atoms with Gasteiger partial charge in [-0.05, 0) is 29.9 Å². The lowest BCUT2D eigenvalue weighted by molar-refractivity contribution is 0.110. The molecule has 0 saturated carbocycles. The Balaban J connectivity index is 1.69. The maximum absolute atomic E-state index is 5.81. The molecule has 1 atom stereocenters. The summed E-state index contributed by atoms with van der Waals surface area (Å²) in [5, 5.41) is 0. The van der Waals surface area contributed by atoms with Crippen molar-refractivity contribution in [2.24, 2.45) is 10.9 Å². The Morgan fingerprint density at radius 3 is 2.95 bits per heavy atom. The molecule has 2 heteroatoms. The second-order valence-corrected chi connectivity index (χ2v) is 5.42. The third-order valence-corrected chi connectivity index (χ3v) is 3.26. The van der Waals surface area contributed by atoms with Crippen molar-refractivity contribution in [3.05, 3.63) is 47.7 Å². The van der Waals surface area contributed by atoms with Gasteiger partial charge in [-0.15, -0.1) is 0 Å². The molecule has 0 spiro atoms. The summed E-state index contributed by atoms with van der Waals surface area (Å²) in [6.07, 6.45) is 18.1. The summed E-state index contributed by atoms with van der Waals surface area (Å²) in [6, 6.07) is 0. The third-order valence-electron chi connectivity index (χ3n) is 3.26. The Morgan fingerprint density at radius 1 is 1.42 bits per heavy atom. The van der Waals surface area contributed by atoms with Gasteiger partial charge in [0.1, 0.15) is 0 Å². The van der Waals surface area contributed by atoms with Crippen LogP contribution in [0.2, 0.25) is 0 Å². The summed E-state index contributed by atoms with van der Waals surface area (Å²) in [4.78, 5) is 4.14. The minimum Gasteiger partial charge on any atom is -0.370 e. The van der Waals surface area contributed by atoms with Crippen molar-refractivity contribution >= 4 is 6.21 Å². The van der Waals surface area contributed by atoms with Crippen LogP contribution >= 0.6 is 0 Å². The van der Waals surface area contributed by atoms with Crippen LogP contribution in [0.1, 0.15) is 33.1 Å². The van der Waals surface area contributed by atoms with Crippen molar-refractivity contribution < 1.29 is 4.74 Å². The van der Waals surface area contributed by atoms with Crippen molar-refractivity contribution in [3.63, 3.8) is 0 Å². The lowest BCUT2D eigenvalue weighted by Crippen LogP contribution is -2.12. The van der Waals surface area contributed by atoms with E-state index in [0.717, 1.165) is 25.2 Å². The average Bonchev–Trinajstić information content (AvgIpc) is 2.93. The normalized spacial score (nSPS) is 22.4. The molecule has 0 radical (unpaired) electrons. The fraction of sp³-hybridized carbons (Fsp3) is 0.471. The average molecular weight is 257 g/mol. The fourth-order valence-corrected chi connectivity index (χ4v) is 2.12. The molecule has 19 heavy (non-hydrogen) atoms. The van der Waals surface area contributed by atoms with Crippen LogP contribution < -0.4 is 0 Å². The van der Waals surface area contributed by atoms with Crippen LogP contribution in [0, 0.1) is 5.92 Å². The lowest BCUT2D eigenvalue weighted by atomic mass is 9.98. The Morgan fingerprint density at radius 2 is 2.32 bits per heavy atom. The van der Waals surface area contributed by atoms with Crippen molar-refractivity contribution in [2.45, 2.75) is 39.2 Å². The van der Waals surface area contributed by atoms with Crippen LogP contribution in [0.5, 0.6) is 0 Å². The number of rotatable bonds is 6. The van der Waals surface area contributed by atoms with Gasteiger partial charge in [0.15, 0.2) is 0 Å². The zero-order valence-corrected chi connectivity index (χ0v) is 11.9. The molecular weight excluding hydrogens is 234 g/mol. The molecule has 0 N–H and O–H groups in total. The van der Waals surface area contributed by atoms with Crippen molar-refractivity contribution in [1.82, 2.24) is 0 Å². The highest BCUT2D eigenvalue weighted by atomic mass is 16.5. The second kappa shape index (κ2) is 7.25. The summed E-state index contributed by atoms with van der Waals surface area (Å²) in [5.41, 5.74) is 2.61. The highest BCUT2D eigenvalue weighted by Gasteiger charge is 2.12. The van der Waals surface area contributed by atoms with Gasteiger partial charge in [0, 0.05) is 18.8 Å². The molecular formula is C17H23NO. The summed E-state index contributed by atoms with van der Waals surface area (Å²) in [5.74, 6) is 0.721. The largest absolute Gasteiger partial charge is 0.370 e. The van der Waals surface area contributed by atoms with Gasteiger partial charge in [-0.1, -0.05) is 44.2 Å². The van der Waals surface area contributed by atoms with Gasteiger partial charge < -0.3 is 4.74 Å². The Labute approximate surface area is 116 Å². The van der Waals surface area contributed by atoms with E-state index in [1.165, 1.54) is 11.1 Å². The number of allylic oxidation sites excluding steroid dienone is 4. The van der Waals surface area contributed by atoms with Gasteiger partial charge >= 0.3 is 0 Å². The Bertz CT molecular complexity index is 438. The second-order valence-electron chi connectivity index (χ2n) is 5.42. The SMILES string of the molecule is CC(C)C/C=C/COC1C=CC(C2=CN=CC2)=CC1. The van der Waals surface area contributed by atoms with Crippen LogP contribution in [-0.2, 0) is 4.74 Å². The molecule has 1 heterocycles. The lowest BCUT2D eigenvalue weighted by Gasteiger charge is -2.16. The van der Waals surface area contributed by atoms with E-state index in [1.54, 1.807) is 0 Å². The smallest absolute Gasteiger partial charge is 0.0798 e. The van der Waals surface area contributed by atoms with Gasteiger partial charge in [-0.25, -0.2) is 0 Å². The zero-order chi connectivity index (χ0) is 13.5. The molecule has 2 nitrogen and oxygen atoms in total. The maximum Gasteiger partial charge on any atom is 0.0798 e. The molecule has 0 fully saturated rings. The van der Waals surface area contributed by atoms with Gasteiger partial charge in [-0.2, -0.15) is 0 Å². The van der Waals surface area contributed by atoms with Crippen LogP contribution in [0.4, 0.5) is 0 Å². The number of aliphatic imine (C=N–C) groups is 1. The number of ether oxygens (including phenoxy) is 1. The molecule has 0 aromatic carbocycles. The monoisotopic (exact) mass is 257 g/mol. The summed E-state index contributed by atoms with van der Waals surface area (Å²) in [7, 11) is 0. The van der Waals surface area contributed by atoms with Gasteiger partial charge in [0.25, 0.3) is 0 Å². The molecule has 1 aliphatic heterocycles. The molecule has 0 saturated heterocycles. The minimum absolute atomic E-state index is 0.218. The molecule has 2 aliphatic rings. The summed E-state index contributed by atoms with van der Waals surface area (Å²) in [6.45, 7) is 5.16. The first-order valence-corrected chi connectivity index (χ1v) is 7.11. The predicted molar refractivity (Wildman–Crippen MR) is 81.4 cm³/mol. The van der Waals surface area contributed by atoms with Gasteiger partial charge in [0.2, 0.25) is 0 Å². The van der Waals surface area contributed by atoms with E-state index < -0.39 is 0 Å². The standard InChI is InChI=1S/C17H23NO/c1-14(2)5-3-4-12-19-17-8-6-15(7-9-17)16-10-11-18-13-16/h3-4,6-8,11,13-14,17H,5,9-10,12H2,1-2H3/b4-3+. The van der Waals surface area contributed by atoms with E-state index in [1.807, 2.05) is 12.4 Å². The van der Waals surface area contributed by atoms with Crippen LogP contribution in [0.3, 0.4) is 0 Å². The van der Waals surface area contributed by atoms with Crippen molar-refractivity contribution in [1.29, 1.82) is 0 Å². The van der Waals surface area contributed by atoms with E-state index in [-0.39, 0.29) is 6.10 Å². The van der Waals surface area contributed by atoms with Gasteiger partial charge in [0.05, 0.1) is 12.7 Å². The minimum atomic E-state index is 0.218. The number of nitrogens with zero attached hydrogens (tertiary/aromatic N) is 1. The van der Waals surface area contributed by atoms with Gasteiger partial charge in [-0.3, -0.25) is 4.99 Å². The first-order valence-electron chi connectivity index (χ1n) is 7.11. The maximum atomic E-state index is 5.81. The highest BCUT2D eigenvalue weighted by molar-refractivity contribution is 5.69. The topological polar surface area (TPSA) is 21.6 Å². The molecule has 2 rings (SSSR count). The molecule has 102 valence electrons. The van der Waals surface area contributed by atoms with E-state index in [9.17, 15) is 0 Å². The van der Waals surface area contributed by atoms with Crippen molar-refractivity contribution in [2.75, 3.05) is 6.61 Å². The van der Waals surface area contributed by atoms with Crippen LogP contribution in [0.15, 0.2) is 52.7 Å². The Kier molecular flexibility index (Phi) is 5.34. The van der Waals surface area contributed by atoms with E-state index in [2.05, 4.69) is 49.2 Å². The van der Waals surface area contributed by atoms with E-state index in [0.29, 0.717) is 6.61 Å². The van der Waals surface area contributed by atoms with Crippen molar-refractivity contribution in [3.8, 4) is 0 Å². The van der Waals surface area contributed by atoms with E-state index >= 15 is 0 Å².